The number of aromatic nitrogens is 1. The SMILES string of the molecule is COc1ccccc1C(=O)N[C@H](c1ccccn1)[C@H]1CCCN(Cc2ccsc2)C1. The number of nitrogens with one attached hydrogen (secondary N) is 1. The number of ether oxygens (including phenoxy) is 1. The zero-order chi connectivity index (χ0) is 20.8. The zero-order valence-corrected chi connectivity index (χ0v) is 18.0. The molecule has 0 saturated carbocycles. The van der Waals surface area contributed by atoms with E-state index in [0.29, 0.717) is 17.2 Å². The Bertz CT molecular complexity index is 946. The standard InChI is InChI=1S/C24H27N3O2S/c1-29-22-10-3-2-8-20(22)24(28)26-23(21-9-4-5-12-25-21)19-7-6-13-27(16-19)15-18-11-14-30-17-18/h2-5,8-12,14,17,19,23H,6-7,13,15-16H2,1H3,(H,26,28)/t19-,23-/m0/s1. The Morgan fingerprint density at radius 3 is 2.90 bits per heavy atom. The van der Waals surface area contributed by atoms with Crippen LogP contribution in [0.25, 0.3) is 0 Å². The van der Waals surface area contributed by atoms with Crippen LogP contribution < -0.4 is 10.1 Å². The van der Waals surface area contributed by atoms with E-state index in [1.54, 1.807) is 30.7 Å². The predicted octanol–water partition coefficient (Wildman–Crippen LogP) is 4.54. The number of nitrogens with zero attached hydrogens (tertiary/aromatic N) is 2. The largest absolute Gasteiger partial charge is 0.496 e. The van der Waals surface area contributed by atoms with Gasteiger partial charge in [-0.2, -0.15) is 11.3 Å². The zero-order valence-electron chi connectivity index (χ0n) is 17.2. The van der Waals surface area contributed by atoms with Crippen LogP contribution in [0.4, 0.5) is 0 Å². The predicted molar refractivity (Wildman–Crippen MR) is 120 cm³/mol. The van der Waals surface area contributed by atoms with Gasteiger partial charge in [-0.1, -0.05) is 18.2 Å². The van der Waals surface area contributed by atoms with E-state index in [4.69, 9.17) is 4.74 Å². The molecule has 0 aliphatic carbocycles. The highest BCUT2D eigenvalue weighted by molar-refractivity contribution is 7.07. The summed E-state index contributed by atoms with van der Waals surface area (Å²) in [7, 11) is 1.59. The number of thiophene rings is 1. The number of amides is 1. The first-order chi connectivity index (χ1) is 14.7. The molecule has 3 heterocycles. The molecule has 30 heavy (non-hydrogen) atoms. The molecule has 2 aromatic heterocycles. The molecule has 156 valence electrons. The molecule has 2 atom stereocenters. The molecule has 0 bridgehead atoms. The van der Waals surface area contributed by atoms with Crippen LogP contribution in [0.1, 0.15) is 40.5 Å². The number of benzene rings is 1. The molecule has 0 radical (unpaired) electrons. The summed E-state index contributed by atoms with van der Waals surface area (Å²) in [6.45, 7) is 2.97. The molecular weight excluding hydrogens is 394 g/mol. The second kappa shape index (κ2) is 9.87. The Hall–Kier alpha value is -2.70. The molecule has 1 amide bonds. The number of hydrogen-bond acceptors (Lipinski definition) is 5. The summed E-state index contributed by atoms with van der Waals surface area (Å²) in [6.07, 6.45) is 3.97. The fraction of sp³-hybridized carbons (Fsp3) is 0.333. The Labute approximate surface area is 181 Å². The van der Waals surface area contributed by atoms with Crippen molar-refractivity contribution in [1.29, 1.82) is 0 Å². The van der Waals surface area contributed by atoms with Crippen LogP contribution in [0.3, 0.4) is 0 Å². The van der Waals surface area contributed by atoms with Crippen LogP contribution in [0.15, 0.2) is 65.5 Å². The molecule has 0 spiro atoms. The fourth-order valence-corrected chi connectivity index (χ4v) is 4.85. The van der Waals surface area contributed by atoms with Gasteiger partial charge in [-0.15, -0.1) is 0 Å². The molecule has 1 aliphatic rings. The molecule has 1 aliphatic heterocycles. The van der Waals surface area contributed by atoms with Crippen molar-refractivity contribution in [1.82, 2.24) is 15.2 Å². The van der Waals surface area contributed by atoms with Gasteiger partial charge < -0.3 is 10.1 Å². The van der Waals surface area contributed by atoms with Gasteiger partial charge in [0.15, 0.2) is 0 Å². The van der Waals surface area contributed by atoms with E-state index < -0.39 is 0 Å². The van der Waals surface area contributed by atoms with Gasteiger partial charge in [-0.25, -0.2) is 0 Å². The van der Waals surface area contributed by atoms with Crippen molar-refractivity contribution in [2.45, 2.75) is 25.4 Å². The lowest BCUT2D eigenvalue weighted by Crippen LogP contribution is -2.43. The van der Waals surface area contributed by atoms with Crippen LogP contribution in [0.2, 0.25) is 0 Å². The number of hydrogen-bond donors (Lipinski definition) is 1. The topological polar surface area (TPSA) is 54.5 Å². The highest BCUT2D eigenvalue weighted by Gasteiger charge is 2.31. The average molecular weight is 422 g/mol. The van der Waals surface area contributed by atoms with Crippen LogP contribution in [-0.4, -0.2) is 36.0 Å². The van der Waals surface area contributed by atoms with E-state index in [1.165, 1.54) is 5.56 Å². The maximum atomic E-state index is 13.2. The third-order valence-electron chi connectivity index (χ3n) is 5.64. The van der Waals surface area contributed by atoms with Crippen molar-refractivity contribution in [2.75, 3.05) is 20.2 Å². The summed E-state index contributed by atoms with van der Waals surface area (Å²) in [5.74, 6) is 0.751. The number of likely N-dealkylation sites (tertiary alicyclic amines) is 1. The molecule has 3 aromatic rings. The Morgan fingerprint density at radius 1 is 1.27 bits per heavy atom. The minimum Gasteiger partial charge on any atom is -0.496 e. The van der Waals surface area contributed by atoms with Crippen molar-refractivity contribution in [2.24, 2.45) is 5.92 Å². The van der Waals surface area contributed by atoms with E-state index in [9.17, 15) is 4.79 Å². The van der Waals surface area contributed by atoms with Gasteiger partial charge in [-0.05, 0) is 72.0 Å². The first-order valence-electron chi connectivity index (χ1n) is 10.3. The molecule has 1 fully saturated rings. The quantitative estimate of drug-likeness (QED) is 0.609. The minimum absolute atomic E-state index is 0.127. The first-order valence-corrected chi connectivity index (χ1v) is 11.3. The summed E-state index contributed by atoms with van der Waals surface area (Å²) in [5, 5.41) is 7.60. The highest BCUT2D eigenvalue weighted by atomic mass is 32.1. The number of carbonyl (C=O) groups excluding carboxylic acids is 1. The Kier molecular flexibility index (Phi) is 6.77. The number of pyridine rings is 1. The van der Waals surface area contributed by atoms with Crippen LogP contribution in [0, 0.1) is 5.92 Å². The van der Waals surface area contributed by atoms with Crippen molar-refractivity contribution >= 4 is 17.2 Å². The van der Waals surface area contributed by atoms with E-state index in [1.807, 2.05) is 36.4 Å². The second-order valence-corrected chi connectivity index (χ2v) is 8.46. The molecule has 1 aromatic carbocycles. The van der Waals surface area contributed by atoms with Crippen molar-refractivity contribution in [3.63, 3.8) is 0 Å². The van der Waals surface area contributed by atoms with Gasteiger partial charge in [0.25, 0.3) is 5.91 Å². The summed E-state index contributed by atoms with van der Waals surface area (Å²) in [5.41, 5.74) is 2.81. The van der Waals surface area contributed by atoms with E-state index in [0.717, 1.165) is 38.2 Å². The lowest BCUT2D eigenvalue weighted by atomic mass is 9.88. The summed E-state index contributed by atoms with van der Waals surface area (Å²) in [6, 6.07) is 15.3. The average Bonchev–Trinajstić information content (AvgIpc) is 3.31. The number of methoxy groups -OCH3 is 1. The second-order valence-electron chi connectivity index (χ2n) is 7.68. The summed E-state index contributed by atoms with van der Waals surface area (Å²) in [4.78, 5) is 20.2. The number of piperidine rings is 1. The van der Waals surface area contributed by atoms with Gasteiger partial charge in [0.05, 0.1) is 24.4 Å². The van der Waals surface area contributed by atoms with Crippen molar-refractivity contribution in [3.8, 4) is 5.75 Å². The summed E-state index contributed by atoms with van der Waals surface area (Å²) < 4.78 is 5.39. The number of carbonyl (C=O) groups is 1. The first kappa shape index (κ1) is 20.6. The lowest BCUT2D eigenvalue weighted by Gasteiger charge is -2.37. The minimum atomic E-state index is -0.145. The Morgan fingerprint density at radius 2 is 2.13 bits per heavy atom. The summed E-state index contributed by atoms with van der Waals surface area (Å²) >= 11 is 1.74. The van der Waals surface area contributed by atoms with E-state index in [2.05, 4.69) is 32.0 Å². The highest BCUT2D eigenvalue weighted by Crippen LogP contribution is 2.31. The third-order valence-corrected chi connectivity index (χ3v) is 6.38. The maximum absolute atomic E-state index is 13.2. The molecule has 4 rings (SSSR count). The number of rotatable bonds is 7. The van der Waals surface area contributed by atoms with E-state index in [-0.39, 0.29) is 11.9 Å². The van der Waals surface area contributed by atoms with Crippen molar-refractivity contribution in [3.05, 3.63) is 82.3 Å². The van der Waals surface area contributed by atoms with E-state index >= 15 is 0 Å². The normalized spacial score (nSPS) is 18.0. The van der Waals surface area contributed by atoms with Gasteiger partial charge >= 0.3 is 0 Å². The van der Waals surface area contributed by atoms with Gasteiger partial charge in [0.2, 0.25) is 0 Å². The molecule has 1 N–H and O–H groups in total. The van der Waals surface area contributed by atoms with Crippen LogP contribution >= 0.6 is 11.3 Å². The number of para-hydroxylation sites is 1. The molecule has 6 heteroatoms. The van der Waals surface area contributed by atoms with Gasteiger partial charge in [0.1, 0.15) is 5.75 Å². The molecule has 1 saturated heterocycles. The Balaban J connectivity index is 1.55. The smallest absolute Gasteiger partial charge is 0.255 e. The van der Waals surface area contributed by atoms with Gasteiger partial charge in [0, 0.05) is 19.3 Å². The van der Waals surface area contributed by atoms with Crippen LogP contribution in [0.5, 0.6) is 5.75 Å². The maximum Gasteiger partial charge on any atom is 0.255 e. The monoisotopic (exact) mass is 421 g/mol. The molecular formula is C24H27N3O2S. The molecule has 5 nitrogen and oxygen atoms in total. The fourth-order valence-electron chi connectivity index (χ4n) is 4.19. The van der Waals surface area contributed by atoms with Crippen LogP contribution in [-0.2, 0) is 6.54 Å². The third kappa shape index (κ3) is 4.89. The van der Waals surface area contributed by atoms with Gasteiger partial charge in [-0.3, -0.25) is 14.7 Å². The van der Waals surface area contributed by atoms with Crippen molar-refractivity contribution < 1.29 is 9.53 Å². The lowest BCUT2D eigenvalue weighted by molar-refractivity contribution is 0.0872. The molecule has 0 unspecified atom stereocenters.